The molecule has 0 saturated carbocycles. The molecule has 1 aromatic rings. The van der Waals surface area contributed by atoms with Gasteiger partial charge in [0.25, 0.3) is 0 Å². The minimum atomic E-state index is -0.715. The van der Waals surface area contributed by atoms with Gasteiger partial charge in [0.1, 0.15) is 5.82 Å². The molecule has 1 aromatic heterocycles. The first-order valence-corrected chi connectivity index (χ1v) is 5.81. The minimum Gasteiger partial charge on any atom is -0.389 e. The number of hydrogen-bond donors (Lipinski definition) is 1. The van der Waals surface area contributed by atoms with Gasteiger partial charge in [-0.2, -0.15) is 0 Å². The van der Waals surface area contributed by atoms with Crippen molar-refractivity contribution in [3.8, 4) is 0 Å². The molecular formula is C11H17BrN2O. The van der Waals surface area contributed by atoms with Gasteiger partial charge in [-0.25, -0.2) is 4.98 Å². The lowest BCUT2D eigenvalue weighted by Gasteiger charge is -2.29. The van der Waals surface area contributed by atoms with Gasteiger partial charge in [0.15, 0.2) is 0 Å². The molecule has 4 heteroatoms. The van der Waals surface area contributed by atoms with E-state index in [1.54, 1.807) is 20.0 Å². The fourth-order valence-electron chi connectivity index (χ4n) is 1.41. The summed E-state index contributed by atoms with van der Waals surface area (Å²) < 4.78 is 0.955. The zero-order valence-corrected chi connectivity index (χ0v) is 11.0. The van der Waals surface area contributed by atoms with E-state index in [9.17, 15) is 5.11 Å². The Bertz CT molecular complexity index is 323. The third-order valence-electron chi connectivity index (χ3n) is 2.00. The number of nitrogens with zero attached hydrogens (tertiary/aromatic N) is 2. The van der Waals surface area contributed by atoms with Crippen molar-refractivity contribution in [2.45, 2.75) is 26.4 Å². The molecule has 3 nitrogen and oxygen atoms in total. The molecule has 0 bridgehead atoms. The SMILES string of the molecule is CCN(CC(C)(C)O)c1ncccc1Br. The molecule has 0 spiro atoms. The maximum Gasteiger partial charge on any atom is 0.142 e. The molecule has 0 aliphatic rings. The molecule has 0 aliphatic carbocycles. The lowest BCUT2D eigenvalue weighted by Crippen LogP contribution is -2.39. The fraction of sp³-hybridized carbons (Fsp3) is 0.545. The molecule has 0 aromatic carbocycles. The van der Waals surface area contributed by atoms with Gasteiger partial charge in [-0.1, -0.05) is 0 Å². The van der Waals surface area contributed by atoms with Crippen LogP contribution in [-0.2, 0) is 0 Å². The number of anilines is 1. The third-order valence-corrected chi connectivity index (χ3v) is 2.62. The number of rotatable bonds is 4. The molecule has 1 heterocycles. The highest BCUT2D eigenvalue weighted by Crippen LogP contribution is 2.23. The largest absolute Gasteiger partial charge is 0.389 e. The van der Waals surface area contributed by atoms with Gasteiger partial charge in [0.05, 0.1) is 10.1 Å². The number of pyridine rings is 1. The van der Waals surface area contributed by atoms with Crippen LogP contribution < -0.4 is 4.90 Å². The predicted octanol–water partition coefficient (Wildman–Crippen LogP) is 2.44. The van der Waals surface area contributed by atoms with Crippen LogP contribution in [0.15, 0.2) is 22.8 Å². The molecule has 15 heavy (non-hydrogen) atoms. The molecule has 1 rings (SSSR count). The van der Waals surface area contributed by atoms with Crippen molar-refractivity contribution in [1.29, 1.82) is 0 Å². The van der Waals surface area contributed by atoms with Gasteiger partial charge in [0, 0.05) is 19.3 Å². The molecule has 84 valence electrons. The van der Waals surface area contributed by atoms with Gasteiger partial charge in [-0.15, -0.1) is 0 Å². The molecule has 0 fully saturated rings. The Morgan fingerprint density at radius 3 is 2.67 bits per heavy atom. The second-order valence-electron chi connectivity index (χ2n) is 4.14. The van der Waals surface area contributed by atoms with E-state index in [4.69, 9.17) is 0 Å². The summed E-state index contributed by atoms with van der Waals surface area (Å²) in [6.45, 7) is 7.03. The zero-order chi connectivity index (χ0) is 11.5. The minimum absolute atomic E-state index is 0.569. The first-order chi connectivity index (χ1) is 6.94. The molecule has 1 N–H and O–H groups in total. The van der Waals surface area contributed by atoms with Gasteiger partial charge < -0.3 is 10.0 Å². The first-order valence-electron chi connectivity index (χ1n) is 5.02. The Morgan fingerprint density at radius 1 is 1.53 bits per heavy atom. The predicted molar refractivity (Wildman–Crippen MR) is 66.1 cm³/mol. The summed E-state index contributed by atoms with van der Waals surface area (Å²) in [5, 5.41) is 9.79. The maximum atomic E-state index is 9.79. The van der Waals surface area contributed by atoms with Crippen molar-refractivity contribution in [1.82, 2.24) is 4.98 Å². The summed E-state index contributed by atoms with van der Waals surface area (Å²) in [7, 11) is 0. The number of likely N-dealkylation sites (N-methyl/N-ethyl adjacent to an activating group) is 1. The van der Waals surface area contributed by atoms with Crippen LogP contribution in [0, 0.1) is 0 Å². The molecule has 0 atom stereocenters. The van der Waals surface area contributed by atoms with Crippen molar-refractivity contribution in [2.75, 3.05) is 18.0 Å². The summed E-state index contributed by atoms with van der Waals surface area (Å²) in [5.74, 6) is 0.877. The van der Waals surface area contributed by atoms with Crippen LogP contribution in [0.25, 0.3) is 0 Å². The highest BCUT2D eigenvalue weighted by atomic mass is 79.9. The van der Waals surface area contributed by atoms with E-state index < -0.39 is 5.60 Å². The first kappa shape index (κ1) is 12.5. The second-order valence-corrected chi connectivity index (χ2v) is 4.99. The molecule has 0 aliphatic heterocycles. The van der Waals surface area contributed by atoms with Crippen molar-refractivity contribution in [3.05, 3.63) is 22.8 Å². The van der Waals surface area contributed by atoms with E-state index >= 15 is 0 Å². The van der Waals surface area contributed by atoms with Crippen LogP contribution in [0.5, 0.6) is 0 Å². The smallest absolute Gasteiger partial charge is 0.142 e. The highest BCUT2D eigenvalue weighted by molar-refractivity contribution is 9.10. The average molecular weight is 273 g/mol. The molecule has 0 saturated heterocycles. The van der Waals surface area contributed by atoms with Crippen LogP contribution in [0.1, 0.15) is 20.8 Å². The van der Waals surface area contributed by atoms with Gasteiger partial charge in [-0.05, 0) is 48.8 Å². The van der Waals surface area contributed by atoms with E-state index in [1.807, 2.05) is 24.0 Å². The number of halogens is 1. The summed E-state index contributed by atoms with van der Waals surface area (Å²) >= 11 is 3.46. The van der Waals surface area contributed by atoms with Crippen LogP contribution in [0.3, 0.4) is 0 Å². The maximum absolute atomic E-state index is 9.79. The number of aliphatic hydroxyl groups is 1. The monoisotopic (exact) mass is 272 g/mol. The summed E-state index contributed by atoms with van der Waals surface area (Å²) in [6, 6.07) is 3.83. The average Bonchev–Trinajstić information content (AvgIpc) is 2.14. The quantitative estimate of drug-likeness (QED) is 0.915. The second kappa shape index (κ2) is 4.94. The van der Waals surface area contributed by atoms with E-state index in [0.717, 1.165) is 16.8 Å². The Labute approximate surface area is 99.3 Å². The summed E-state index contributed by atoms with van der Waals surface area (Å²) in [5.41, 5.74) is -0.715. The molecule has 0 unspecified atom stereocenters. The lowest BCUT2D eigenvalue weighted by atomic mass is 10.1. The summed E-state index contributed by atoms with van der Waals surface area (Å²) in [6.07, 6.45) is 1.76. The standard InChI is InChI=1S/C11H17BrN2O/c1-4-14(8-11(2,3)15)10-9(12)6-5-7-13-10/h5-7,15H,4,8H2,1-3H3. The van der Waals surface area contributed by atoms with E-state index in [1.165, 1.54) is 0 Å². The normalized spacial score (nSPS) is 11.5. The molecular weight excluding hydrogens is 256 g/mol. The number of aromatic nitrogens is 1. The van der Waals surface area contributed by atoms with Gasteiger partial charge in [0.2, 0.25) is 0 Å². The van der Waals surface area contributed by atoms with Crippen molar-refractivity contribution >= 4 is 21.7 Å². The van der Waals surface area contributed by atoms with Crippen LogP contribution in [-0.4, -0.2) is 28.8 Å². The Balaban J connectivity index is 2.88. The van der Waals surface area contributed by atoms with Crippen LogP contribution >= 0.6 is 15.9 Å². The topological polar surface area (TPSA) is 36.4 Å². The molecule has 0 amide bonds. The summed E-state index contributed by atoms with van der Waals surface area (Å²) in [4.78, 5) is 6.35. The zero-order valence-electron chi connectivity index (χ0n) is 9.37. The number of hydrogen-bond acceptors (Lipinski definition) is 3. The van der Waals surface area contributed by atoms with Crippen LogP contribution in [0.2, 0.25) is 0 Å². The Morgan fingerprint density at radius 2 is 2.20 bits per heavy atom. The fourth-order valence-corrected chi connectivity index (χ4v) is 1.92. The van der Waals surface area contributed by atoms with Gasteiger partial charge in [-0.3, -0.25) is 0 Å². The third kappa shape index (κ3) is 3.80. The van der Waals surface area contributed by atoms with E-state index in [0.29, 0.717) is 6.54 Å². The van der Waals surface area contributed by atoms with Gasteiger partial charge >= 0.3 is 0 Å². The lowest BCUT2D eigenvalue weighted by molar-refractivity contribution is 0.0874. The van der Waals surface area contributed by atoms with Crippen LogP contribution in [0.4, 0.5) is 5.82 Å². The van der Waals surface area contributed by atoms with Crippen molar-refractivity contribution < 1.29 is 5.11 Å². The highest BCUT2D eigenvalue weighted by Gasteiger charge is 2.19. The Kier molecular flexibility index (Phi) is 4.11. The molecule has 0 radical (unpaired) electrons. The van der Waals surface area contributed by atoms with Crippen molar-refractivity contribution in [2.24, 2.45) is 0 Å². The van der Waals surface area contributed by atoms with E-state index in [2.05, 4.69) is 20.9 Å². The Hall–Kier alpha value is -0.610. The van der Waals surface area contributed by atoms with E-state index in [-0.39, 0.29) is 0 Å². The van der Waals surface area contributed by atoms with Crippen molar-refractivity contribution in [3.63, 3.8) is 0 Å².